The van der Waals surface area contributed by atoms with Gasteiger partial charge in [0.1, 0.15) is 0 Å². The molecule has 0 saturated carbocycles. The number of hydrogen-bond donors (Lipinski definition) is 0. The van der Waals surface area contributed by atoms with E-state index in [-0.39, 0.29) is 53.8 Å². The molecule has 0 amide bonds. The molecule has 0 bridgehead atoms. The normalized spacial score (nSPS) is 9.08. The Hall–Kier alpha value is 0.552. The molecule has 1 heterocycles. The van der Waals surface area contributed by atoms with Gasteiger partial charge >= 0.3 is 0 Å². The van der Waals surface area contributed by atoms with E-state index in [9.17, 15) is 0 Å². The summed E-state index contributed by atoms with van der Waals surface area (Å²) in [5.74, 6) is 0. The van der Waals surface area contributed by atoms with Crippen LogP contribution in [0.1, 0.15) is 5.56 Å². The largest absolute Gasteiger partial charge is 0.415 e. The van der Waals surface area contributed by atoms with Gasteiger partial charge < -0.3 is 4.57 Å². The molecule has 13 heavy (non-hydrogen) atoms. The predicted molar refractivity (Wildman–Crippen MR) is 45.3 cm³/mol. The van der Waals surface area contributed by atoms with Crippen molar-refractivity contribution in [3.63, 3.8) is 0 Å². The van der Waals surface area contributed by atoms with Gasteiger partial charge in [0.25, 0.3) is 0 Å². The van der Waals surface area contributed by atoms with Gasteiger partial charge in [-0.15, -0.1) is 0 Å². The topological polar surface area (TPSA) is 4.93 Å². The molecule has 0 N–H and O–H groups in total. The van der Waals surface area contributed by atoms with Crippen molar-refractivity contribution in [1.29, 1.82) is 0 Å². The second kappa shape index (κ2) is 5.44. The third-order valence-corrected chi connectivity index (χ3v) is 1.95. The smallest absolute Gasteiger partial charge is 0 e. The van der Waals surface area contributed by atoms with E-state index in [1.165, 1.54) is 16.5 Å². The Morgan fingerprint density at radius 1 is 1.31 bits per heavy atom. The standard InChI is InChI=1S/C10H9N.W.Y/c1-8-4-3-5-10-9(8)6-7-11(10)2;;/h4-5,7H,1-2H3;;/q-2;;. The van der Waals surface area contributed by atoms with Crippen molar-refractivity contribution in [3.8, 4) is 0 Å². The molecule has 1 aromatic carbocycles. The van der Waals surface area contributed by atoms with Gasteiger partial charge in [-0.1, -0.05) is 18.6 Å². The number of aromatic nitrogens is 1. The van der Waals surface area contributed by atoms with Crippen LogP contribution in [0.25, 0.3) is 10.9 Å². The van der Waals surface area contributed by atoms with Crippen LogP contribution in [0.5, 0.6) is 0 Å². The number of benzene rings is 1. The van der Waals surface area contributed by atoms with Gasteiger partial charge in [0.05, 0.1) is 0 Å². The first-order valence-electron chi connectivity index (χ1n) is 3.62. The first-order chi connectivity index (χ1) is 5.29. The van der Waals surface area contributed by atoms with Crippen LogP contribution in [0.15, 0.2) is 18.3 Å². The van der Waals surface area contributed by atoms with Crippen molar-refractivity contribution in [1.82, 2.24) is 4.57 Å². The van der Waals surface area contributed by atoms with Crippen molar-refractivity contribution in [2.45, 2.75) is 6.92 Å². The molecule has 2 aromatic rings. The van der Waals surface area contributed by atoms with E-state index in [1.54, 1.807) is 0 Å². The van der Waals surface area contributed by atoms with Crippen molar-refractivity contribution in [3.05, 3.63) is 36.0 Å². The molecule has 0 saturated heterocycles. The van der Waals surface area contributed by atoms with Crippen LogP contribution in [-0.2, 0) is 60.8 Å². The third-order valence-electron chi connectivity index (χ3n) is 1.95. The minimum Gasteiger partial charge on any atom is -0.415 e. The van der Waals surface area contributed by atoms with Crippen LogP contribution in [0, 0.1) is 19.1 Å². The predicted octanol–water partition coefficient (Wildman–Crippen LogP) is 2.08. The second-order valence-corrected chi connectivity index (χ2v) is 2.78. The van der Waals surface area contributed by atoms with Gasteiger partial charge in [0.15, 0.2) is 0 Å². The number of rotatable bonds is 0. The molecule has 0 aliphatic heterocycles. The SMILES string of the molecule is Cc1c[c-]cc2c1[c-]cn2C.[W].[Y]. The Morgan fingerprint density at radius 2 is 2.00 bits per heavy atom. The quantitative estimate of drug-likeness (QED) is 0.581. The second-order valence-electron chi connectivity index (χ2n) is 2.78. The van der Waals surface area contributed by atoms with Gasteiger partial charge in [0, 0.05) is 53.8 Å². The van der Waals surface area contributed by atoms with E-state index in [4.69, 9.17) is 0 Å². The van der Waals surface area contributed by atoms with E-state index in [1.807, 2.05) is 25.4 Å². The third kappa shape index (κ3) is 2.52. The van der Waals surface area contributed by atoms with Crippen molar-refractivity contribution < 1.29 is 53.8 Å². The molecular weight excluding hydrogens is 407 g/mol. The molecule has 0 aliphatic rings. The Bertz CT molecular complexity index is 395. The monoisotopic (exact) mass is 416 g/mol. The minimum absolute atomic E-state index is 0. The van der Waals surface area contributed by atoms with Crippen LogP contribution >= 0.6 is 0 Å². The van der Waals surface area contributed by atoms with Crippen molar-refractivity contribution in [2.75, 3.05) is 0 Å². The molecule has 3 heteroatoms. The number of nitrogens with zero attached hydrogens (tertiary/aromatic N) is 1. The summed E-state index contributed by atoms with van der Waals surface area (Å²) in [5.41, 5.74) is 2.44. The van der Waals surface area contributed by atoms with E-state index >= 15 is 0 Å². The fraction of sp³-hybridized carbons (Fsp3) is 0.200. The first kappa shape index (κ1) is 13.6. The molecule has 2 rings (SSSR count). The van der Waals surface area contributed by atoms with E-state index in [2.05, 4.69) is 23.6 Å². The zero-order valence-corrected chi connectivity index (χ0v) is 13.4. The number of fused-ring (bicyclic) bond motifs is 1. The molecular formula is C10H9NWY-2. The van der Waals surface area contributed by atoms with Gasteiger partial charge in [-0.3, -0.25) is 0 Å². The maximum Gasteiger partial charge on any atom is 0 e. The van der Waals surface area contributed by atoms with Crippen LogP contribution < -0.4 is 0 Å². The molecule has 1 radical (unpaired) electrons. The molecule has 0 spiro atoms. The Labute approximate surface area is 118 Å². The fourth-order valence-corrected chi connectivity index (χ4v) is 1.29. The summed E-state index contributed by atoms with van der Waals surface area (Å²) < 4.78 is 2.05. The van der Waals surface area contributed by atoms with E-state index in [0.717, 1.165) is 0 Å². The molecule has 0 aliphatic carbocycles. The Morgan fingerprint density at radius 3 is 2.62 bits per heavy atom. The Balaban J connectivity index is 0.000000720. The number of aryl methyl sites for hydroxylation is 2. The summed E-state index contributed by atoms with van der Waals surface area (Å²) in [6.07, 6.45) is 1.95. The molecule has 1 aromatic heterocycles. The van der Waals surface area contributed by atoms with Gasteiger partial charge in [-0.2, -0.15) is 35.2 Å². The first-order valence-corrected chi connectivity index (χ1v) is 3.62. The van der Waals surface area contributed by atoms with Gasteiger partial charge in [-0.05, 0) is 7.05 Å². The van der Waals surface area contributed by atoms with Crippen molar-refractivity contribution in [2.24, 2.45) is 7.05 Å². The summed E-state index contributed by atoms with van der Waals surface area (Å²) in [6.45, 7) is 2.08. The maximum absolute atomic E-state index is 3.20. The summed E-state index contributed by atoms with van der Waals surface area (Å²) in [5, 5.41) is 1.20. The fourth-order valence-electron chi connectivity index (χ4n) is 1.29. The van der Waals surface area contributed by atoms with E-state index < -0.39 is 0 Å². The van der Waals surface area contributed by atoms with Crippen LogP contribution in [0.4, 0.5) is 0 Å². The maximum atomic E-state index is 3.20. The van der Waals surface area contributed by atoms with E-state index in [0.29, 0.717) is 0 Å². The zero-order chi connectivity index (χ0) is 7.84. The van der Waals surface area contributed by atoms with Gasteiger partial charge in [-0.25, -0.2) is 0 Å². The summed E-state index contributed by atoms with van der Waals surface area (Å²) >= 11 is 0. The zero-order valence-electron chi connectivity index (χ0n) is 7.66. The molecule has 0 fully saturated rings. The molecule has 0 unspecified atom stereocenters. The summed E-state index contributed by atoms with van der Waals surface area (Å²) in [4.78, 5) is 0. The van der Waals surface area contributed by atoms with Crippen molar-refractivity contribution >= 4 is 10.9 Å². The van der Waals surface area contributed by atoms with Gasteiger partial charge in [0.2, 0.25) is 0 Å². The van der Waals surface area contributed by atoms with Crippen LogP contribution in [-0.4, -0.2) is 4.57 Å². The molecule has 1 nitrogen and oxygen atoms in total. The van der Waals surface area contributed by atoms with Crippen LogP contribution in [0.2, 0.25) is 0 Å². The molecule has 65 valence electrons. The molecule has 0 atom stereocenters. The average molecular weight is 416 g/mol. The van der Waals surface area contributed by atoms with Crippen LogP contribution in [0.3, 0.4) is 0 Å². The summed E-state index contributed by atoms with van der Waals surface area (Å²) in [6, 6.07) is 10.3. The minimum atomic E-state index is 0. The average Bonchev–Trinajstić information content (AvgIpc) is 2.35. The summed E-state index contributed by atoms with van der Waals surface area (Å²) in [7, 11) is 2.02. The Kier molecular flexibility index (Phi) is 5.67. The number of hydrogen-bond acceptors (Lipinski definition) is 0.